The quantitative estimate of drug-likeness (QED) is 0.796. The Kier molecular flexibility index (Phi) is 4.33. The molecular formula is C22H22N2O2. The van der Waals surface area contributed by atoms with Gasteiger partial charge < -0.3 is 4.90 Å². The van der Waals surface area contributed by atoms with E-state index >= 15 is 0 Å². The summed E-state index contributed by atoms with van der Waals surface area (Å²) in [4.78, 5) is 30.0. The number of piperidine rings is 1. The van der Waals surface area contributed by atoms with Gasteiger partial charge in [0.25, 0.3) is 11.8 Å². The van der Waals surface area contributed by atoms with Crippen LogP contribution in [0.5, 0.6) is 0 Å². The van der Waals surface area contributed by atoms with Crippen LogP contribution in [0.1, 0.15) is 25.3 Å². The molecule has 0 spiro atoms. The number of carbonyl (C=O) groups is 2. The fourth-order valence-electron chi connectivity index (χ4n) is 3.72. The van der Waals surface area contributed by atoms with Gasteiger partial charge in [-0.1, -0.05) is 55.5 Å². The molecule has 0 saturated carbocycles. The second-order valence-corrected chi connectivity index (χ2v) is 7.04. The van der Waals surface area contributed by atoms with Crippen LogP contribution in [0.4, 0.5) is 5.69 Å². The maximum Gasteiger partial charge on any atom is 0.282 e. The monoisotopic (exact) mass is 346 g/mol. The number of likely N-dealkylation sites (tertiary alicyclic amines) is 1. The van der Waals surface area contributed by atoms with E-state index in [2.05, 4.69) is 11.8 Å². The smallest absolute Gasteiger partial charge is 0.282 e. The first-order valence-electron chi connectivity index (χ1n) is 9.15. The molecule has 0 aliphatic carbocycles. The summed E-state index contributed by atoms with van der Waals surface area (Å²) in [6.07, 6.45) is 2.08. The molecule has 0 bridgehead atoms. The van der Waals surface area contributed by atoms with E-state index in [1.807, 2.05) is 48.5 Å². The van der Waals surface area contributed by atoms with E-state index in [0.29, 0.717) is 22.9 Å². The van der Waals surface area contributed by atoms with E-state index in [1.54, 1.807) is 12.1 Å². The first kappa shape index (κ1) is 16.6. The lowest BCUT2D eigenvalue weighted by molar-refractivity contribution is -0.120. The molecule has 2 aromatic carbocycles. The molecule has 2 aliphatic rings. The van der Waals surface area contributed by atoms with Gasteiger partial charge in [0.05, 0.1) is 11.3 Å². The van der Waals surface area contributed by atoms with E-state index in [4.69, 9.17) is 0 Å². The molecule has 2 heterocycles. The van der Waals surface area contributed by atoms with Crippen LogP contribution in [-0.2, 0) is 9.59 Å². The number of amides is 2. The Morgan fingerprint density at radius 3 is 2.00 bits per heavy atom. The SMILES string of the molecule is CC1CCN(C2=C(c3ccccc3)C(=O)N(c3ccccc3)C2=O)CC1. The van der Waals surface area contributed by atoms with E-state index in [-0.39, 0.29) is 11.8 Å². The first-order valence-corrected chi connectivity index (χ1v) is 9.15. The summed E-state index contributed by atoms with van der Waals surface area (Å²) >= 11 is 0. The van der Waals surface area contributed by atoms with Gasteiger partial charge in [0, 0.05) is 13.1 Å². The molecule has 0 unspecified atom stereocenters. The summed E-state index contributed by atoms with van der Waals surface area (Å²) in [7, 11) is 0. The molecule has 2 aromatic rings. The number of hydrogen-bond acceptors (Lipinski definition) is 3. The maximum atomic E-state index is 13.3. The van der Waals surface area contributed by atoms with Crippen LogP contribution in [-0.4, -0.2) is 29.8 Å². The Balaban J connectivity index is 1.80. The van der Waals surface area contributed by atoms with Gasteiger partial charge in [-0.25, -0.2) is 4.90 Å². The predicted octanol–water partition coefficient (Wildman–Crippen LogP) is 3.70. The molecule has 4 nitrogen and oxygen atoms in total. The van der Waals surface area contributed by atoms with Crippen molar-refractivity contribution in [3.63, 3.8) is 0 Å². The fourth-order valence-corrected chi connectivity index (χ4v) is 3.72. The summed E-state index contributed by atoms with van der Waals surface area (Å²) in [6, 6.07) is 18.7. The van der Waals surface area contributed by atoms with Crippen molar-refractivity contribution < 1.29 is 9.59 Å². The van der Waals surface area contributed by atoms with Crippen molar-refractivity contribution in [2.45, 2.75) is 19.8 Å². The van der Waals surface area contributed by atoms with Gasteiger partial charge in [-0.2, -0.15) is 0 Å². The number of rotatable bonds is 3. The van der Waals surface area contributed by atoms with Crippen molar-refractivity contribution in [2.75, 3.05) is 18.0 Å². The largest absolute Gasteiger partial charge is 0.366 e. The molecule has 26 heavy (non-hydrogen) atoms. The standard InChI is InChI=1S/C22H22N2O2/c1-16-12-14-23(15-13-16)20-19(17-8-4-2-5-9-17)21(25)24(22(20)26)18-10-6-3-7-11-18/h2-11,16H,12-15H2,1H3. The van der Waals surface area contributed by atoms with Gasteiger partial charge in [-0.15, -0.1) is 0 Å². The Hall–Kier alpha value is -2.88. The molecule has 0 radical (unpaired) electrons. The van der Waals surface area contributed by atoms with Crippen LogP contribution in [0.2, 0.25) is 0 Å². The van der Waals surface area contributed by atoms with Crippen LogP contribution in [0.3, 0.4) is 0 Å². The molecule has 0 aromatic heterocycles. The Morgan fingerprint density at radius 1 is 0.808 bits per heavy atom. The molecule has 4 rings (SSSR count). The maximum absolute atomic E-state index is 13.3. The highest BCUT2D eigenvalue weighted by atomic mass is 16.2. The summed E-state index contributed by atoms with van der Waals surface area (Å²) < 4.78 is 0. The Labute approximate surface area is 153 Å². The van der Waals surface area contributed by atoms with Gasteiger partial charge in [0.1, 0.15) is 5.70 Å². The van der Waals surface area contributed by atoms with Crippen LogP contribution in [0, 0.1) is 5.92 Å². The zero-order valence-corrected chi connectivity index (χ0v) is 14.9. The molecule has 1 fully saturated rings. The van der Waals surface area contributed by atoms with Crippen molar-refractivity contribution in [3.05, 3.63) is 71.9 Å². The third kappa shape index (κ3) is 2.81. The molecule has 0 atom stereocenters. The highest BCUT2D eigenvalue weighted by Crippen LogP contribution is 2.36. The topological polar surface area (TPSA) is 40.6 Å². The fraction of sp³-hybridized carbons (Fsp3) is 0.273. The number of hydrogen-bond donors (Lipinski definition) is 0. The second kappa shape index (κ2) is 6.79. The van der Waals surface area contributed by atoms with Gasteiger partial charge in [-0.05, 0) is 36.5 Å². The van der Waals surface area contributed by atoms with Crippen LogP contribution < -0.4 is 4.90 Å². The van der Waals surface area contributed by atoms with E-state index < -0.39 is 0 Å². The molecular weight excluding hydrogens is 324 g/mol. The molecule has 4 heteroatoms. The van der Waals surface area contributed by atoms with Gasteiger partial charge in [0.2, 0.25) is 0 Å². The molecule has 0 N–H and O–H groups in total. The van der Waals surface area contributed by atoms with E-state index in [9.17, 15) is 9.59 Å². The van der Waals surface area contributed by atoms with Gasteiger partial charge in [0.15, 0.2) is 0 Å². The lowest BCUT2D eigenvalue weighted by Crippen LogP contribution is -2.38. The van der Waals surface area contributed by atoms with Crippen molar-refractivity contribution >= 4 is 23.1 Å². The van der Waals surface area contributed by atoms with E-state index in [0.717, 1.165) is 31.5 Å². The first-order chi connectivity index (χ1) is 12.7. The lowest BCUT2D eigenvalue weighted by Gasteiger charge is -2.32. The minimum absolute atomic E-state index is 0.213. The van der Waals surface area contributed by atoms with E-state index in [1.165, 1.54) is 4.90 Å². The van der Waals surface area contributed by atoms with Crippen LogP contribution in [0.15, 0.2) is 66.4 Å². The van der Waals surface area contributed by atoms with Gasteiger partial charge in [-0.3, -0.25) is 9.59 Å². The lowest BCUT2D eigenvalue weighted by atomic mass is 9.97. The molecule has 2 aliphatic heterocycles. The van der Waals surface area contributed by atoms with Crippen molar-refractivity contribution in [2.24, 2.45) is 5.92 Å². The summed E-state index contributed by atoms with van der Waals surface area (Å²) in [6.45, 7) is 3.87. The molecule has 2 amide bonds. The number of nitrogens with zero attached hydrogens (tertiary/aromatic N) is 2. The van der Waals surface area contributed by atoms with Crippen molar-refractivity contribution in [1.82, 2.24) is 4.90 Å². The number of para-hydroxylation sites is 1. The van der Waals surface area contributed by atoms with Crippen molar-refractivity contribution in [1.29, 1.82) is 0 Å². The average molecular weight is 346 g/mol. The normalized spacial score (nSPS) is 18.8. The number of imide groups is 1. The molecule has 132 valence electrons. The summed E-state index contributed by atoms with van der Waals surface area (Å²) in [5.74, 6) is 0.208. The van der Waals surface area contributed by atoms with Crippen LogP contribution in [0.25, 0.3) is 5.57 Å². The highest BCUT2D eigenvalue weighted by Gasteiger charge is 2.42. The number of anilines is 1. The summed E-state index contributed by atoms with van der Waals surface area (Å²) in [5.41, 5.74) is 2.50. The van der Waals surface area contributed by atoms with Gasteiger partial charge >= 0.3 is 0 Å². The second-order valence-electron chi connectivity index (χ2n) is 7.04. The Morgan fingerprint density at radius 2 is 1.38 bits per heavy atom. The third-order valence-electron chi connectivity index (χ3n) is 5.24. The third-order valence-corrected chi connectivity index (χ3v) is 5.24. The highest BCUT2D eigenvalue weighted by molar-refractivity contribution is 6.45. The van der Waals surface area contributed by atoms with Crippen LogP contribution >= 0.6 is 0 Å². The molecule has 1 saturated heterocycles. The minimum Gasteiger partial charge on any atom is -0.366 e. The predicted molar refractivity (Wildman–Crippen MR) is 102 cm³/mol. The number of benzene rings is 2. The number of carbonyl (C=O) groups excluding carboxylic acids is 2. The zero-order valence-electron chi connectivity index (χ0n) is 14.9. The zero-order chi connectivity index (χ0) is 18.1. The average Bonchev–Trinajstić information content (AvgIpc) is 2.94. The summed E-state index contributed by atoms with van der Waals surface area (Å²) in [5, 5.41) is 0. The van der Waals surface area contributed by atoms with Crippen molar-refractivity contribution in [3.8, 4) is 0 Å². The minimum atomic E-state index is -0.235. The Bertz CT molecular complexity index is 850.